The number of hydrogen-bond donors (Lipinski definition) is 1. The maximum absolute atomic E-state index is 13.1. The Labute approximate surface area is 150 Å². The summed E-state index contributed by atoms with van der Waals surface area (Å²) in [7, 11) is 0. The van der Waals surface area contributed by atoms with Crippen LogP contribution in [0.15, 0.2) is 6.07 Å². The second kappa shape index (κ2) is 9.05. The Morgan fingerprint density at radius 3 is 2.74 bits per heavy atom. The third-order valence-corrected chi connectivity index (χ3v) is 6.16. The summed E-state index contributed by atoms with van der Waals surface area (Å²) >= 11 is 1.77. The SMILES string of the molecule is CCCN(C(=O)c1cc2c(s1)CCCCC2)C1CCNCC1.Cl. The highest BCUT2D eigenvalue weighted by Crippen LogP contribution is 2.30. The number of nitrogens with zero attached hydrogens (tertiary/aromatic N) is 1. The number of rotatable bonds is 4. The summed E-state index contributed by atoms with van der Waals surface area (Å²) in [5.74, 6) is 0.284. The van der Waals surface area contributed by atoms with E-state index in [1.807, 2.05) is 0 Å². The number of nitrogens with one attached hydrogen (secondary N) is 1. The second-order valence-corrected chi connectivity index (χ2v) is 7.74. The Balaban J connectivity index is 0.00000192. The van der Waals surface area contributed by atoms with Crippen LogP contribution < -0.4 is 5.32 Å². The average molecular weight is 357 g/mol. The molecule has 1 aliphatic carbocycles. The number of amides is 1. The van der Waals surface area contributed by atoms with Gasteiger partial charge in [0, 0.05) is 17.5 Å². The molecule has 1 fully saturated rings. The second-order valence-electron chi connectivity index (χ2n) is 6.60. The normalized spacial score (nSPS) is 18.7. The molecule has 0 spiro atoms. The fraction of sp³-hybridized carbons (Fsp3) is 0.722. The molecule has 1 amide bonds. The lowest BCUT2D eigenvalue weighted by atomic mass is 10.0. The van der Waals surface area contributed by atoms with Gasteiger partial charge < -0.3 is 10.2 Å². The van der Waals surface area contributed by atoms with Crippen LogP contribution in [0.5, 0.6) is 0 Å². The fourth-order valence-corrected chi connectivity index (χ4v) is 4.93. The van der Waals surface area contributed by atoms with Crippen LogP contribution in [0.3, 0.4) is 0 Å². The van der Waals surface area contributed by atoms with Crippen LogP contribution in [-0.4, -0.2) is 36.5 Å². The molecule has 0 aromatic carbocycles. The molecule has 1 N–H and O–H groups in total. The number of aryl methyl sites for hydroxylation is 2. The minimum atomic E-state index is 0. The van der Waals surface area contributed by atoms with Crippen LogP contribution in [0.2, 0.25) is 0 Å². The monoisotopic (exact) mass is 356 g/mol. The van der Waals surface area contributed by atoms with Gasteiger partial charge in [-0.1, -0.05) is 13.3 Å². The predicted molar refractivity (Wildman–Crippen MR) is 100 cm³/mol. The summed E-state index contributed by atoms with van der Waals surface area (Å²) in [6.45, 7) is 5.15. The van der Waals surface area contributed by atoms with Crippen molar-refractivity contribution in [2.24, 2.45) is 0 Å². The molecular weight excluding hydrogens is 328 g/mol. The van der Waals surface area contributed by atoms with Crippen molar-refractivity contribution < 1.29 is 4.79 Å². The molecule has 1 aliphatic heterocycles. The lowest BCUT2D eigenvalue weighted by Crippen LogP contribution is -2.46. The third-order valence-electron chi connectivity index (χ3n) is 4.93. The molecule has 3 nitrogen and oxygen atoms in total. The predicted octanol–water partition coefficient (Wildman–Crippen LogP) is 4.04. The minimum absolute atomic E-state index is 0. The zero-order valence-electron chi connectivity index (χ0n) is 14.1. The molecule has 5 heteroatoms. The Morgan fingerprint density at radius 1 is 1.26 bits per heavy atom. The lowest BCUT2D eigenvalue weighted by molar-refractivity contribution is 0.0647. The van der Waals surface area contributed by atoms with Crippen molar-refractivity contribution in [2.45, 2.75) is 64.3 Å². The molecule has 23 heavy (non-hydrogen) atoms. The van der Waals surface area contributed by atoms with E-state index >= 15 is 0 Å². The van der Waals surface area contributed by atoms with Gasteiger partial charge in [0.25, 0.3) is 5.91 Å². The van der Waals surface area contributed by atoms with Crippen molar-refractivity contribution >= 4 is 29.7 Å². The lowest BCUT2D eigenvalue weighted by Gasteiger charge is -2.34. The van der Waals surface area contributed by atoms with E-state index in [9.17, 15) is 4.79 Å². The number of carbonyl (C=O) groups excluding carboxylic acids is 1. The van der Waals surface area contributed by atoms with E-state index in [2.05, 4.69) is 23.2 Å². The number of halogens is 1. The highest BCUT2D eigenvalue weighted by Gasteiger charge is 2.27. The molecule has 2 heterocycles. The molecule has 0 unspecified atom stereocenters. The third kappa shape index (κ3) is 4.49. The summed E-state index contributed by atoms with van der Waals surface area (Å²) in [6, 6.07) is 2.63. The van der Waals surface area contributed by atoms with Gasteiger partial charge in [0.1, 0.15) is 0 Å². The largest absolute Gasteiger partial charge is 0.335 e. The van der Waals surface area contributed by atoms with Crippen molar-refractivity contribution in [2.75, 3.05) is 19.6 Å². The van der Waals surface area contributed by atoms with Crippen LogP contribution in [-0.2, 0) is 12.8 Å². The smallest absolute Gasteiger partial charge is 0.264 e. The number of fused-ring (bicyclic) bond motifs is 1. The quantitative estimate of drug-likeness (QED) is 0.825. The van der Waals surface area contributed by atoms with Crippen LogP contribution in [0, 0.1) is 0 Å². The van der Waals surface area contributed by atoms with Crippen LogP contribution in [0.1, 0.15) is 65.6 Å². The highest BCUT2D eigenvalue weighted by molar-refractivity contribution is 7.14. The molecule has 1 saturated heterocycles. The van der Waals surface area contributed by atoms with E-state index in [0.717, 1.165) is 43.8 Å². The first-order chi connectivity index (χ1) is 10.8. The number of thiophene rings is 1. The van der Waals surface area contributed by atoms with Crippen molar-refractivity contribution in [3.63, 3.8) is 0 Å². The van der Waals surface area contributed by atoms with Gasteiger partial charge in [-0.3, -0.25) is 4.79 Å². The Hall–Kier alpha value is -0.580. The molecule has 3 rings (SSSR count). The van der Waals surface area contributed by atoms with Crippen LogP contribution >= 0.6 is 23.7 Å². The standard InChI is InChI=1S/C18H28N2OS.ClH/c1-2-12-20(15-8-10-19-11-9-15)18(21)17-13-14-6-4-3-5-7-16(14)22-17;/h13,15,19H,2-12H2,1H3;1H. The molecule has 130 valence electrons. The van der Waals surface area contributed by atoms with Crippen LogP contribution in [0.4, 0.5) is 0 Å². The number of piperidine rings is 1. The van der Waals surface area contributed by atoms with Crippen molar-refractivity contribution in [1.82, 2.24) is 10.2 Å². The Morgan fingerprint density at radius 2 is 2.00 bits per heavy atom. The molecule has 0 saturated carbocycles. The first-order valence-electron chi connectivity index (χ1n) is 8.93. The van der Waals surface area contributed by atoms with Gasteiger partial charge in [-0.15, -0.1) is 23.7 Å². The van der Waals surface area contributed by atoms with Gasteiger partial charge in [0.05, 0.1) is 4.88 Å². The van der Waals surface area contributed by atoms with Crippen molar-refractivity contribution in [1.29, 1.82) is 0 Å². The van der Waals surface area contributed by atoms with Crippen molar-refractivity contribution in [3.05, 3.63) is 21.4 Å². The van der Waals surface area contributed by atoms with Gasteiger partial charge in [-0.25, -0.2) is 0 Å². The minimum Gasteiger partial charge on any atom is -0.335 e. The highest BCUT2D eigenvalue weighted by atomic mass is 35.5. The molecular formula is C18H29ClN2OS. The van der Waals surface area contributed by atoms with Gasteiger partial charge in [-0.2, -0.15) is 0 Å². The van der Waals surface area contributed by atoms with Crippen molar-refractivity contribution in [3.8, 4) is 0 Å². The zero-order valence-corrected chi connectivity index (χ0v) is 15.7. The van der Waals surface area contributed by atoms with E-state index in [1.165, 1.54) is 42.5 Å². The number of carbonyl (C=O) groups is 1. The summed E-state index contributed by atoms with van der Waals surface area (Å²) in [5.41, 5.74) is 1.45. The summed E-state index contributed by atoms with van der Waals surface area (Å²) < 4.78 is 0. The number of hydrogen-bond acceptors (Lipinski definition) is 3. The summed E-state index contributed by atoms with van der Waals surface area (Å²) in [4.78, 5) is 17.7. The maximum atomic E-state index is 13.1. The maximum Gasteiger partial charge on any atom is 0.264 e. The molecule has 1 aromatic rings. The molecule has 0 radical (unpaired) electrons. The molecule has 0 atom stereocenters. The first kappa shape index (κ1) is 18.8. The van der Waals surface area contributed by atoms with Gasteiger partial charge in [0.2, 0.25) is 0 Å². The van der Waals surface area contributed by atoms with Gasteiger partial charge in [0.15, 0.2) is 0 Å². The van der Waals surface area contributed by atoms with E-state index in [0.29, 0.717) is 6.04 Å². The Kier molecular flexibility index (Phi) is 7.38. The van der Waals surface area contributed by atoms with E-state index < -0.39 is 0 Å². The summed E-state index contributed by atoms with van der Waals surface area (Å²) in [5, 5.41) is 3.40. The summed E-state index contributed by atoms with van der Waals surface area (Å²) in [6.07, 6.45) is 9.48. The first-order valence-corrected chi connectivity index (χ1v) is 9.74. The van der Waals surface area contributed by atoms with Gasteiger partial charge in [-0.05, 0) is 69.7 Å². The van der Waals surface area contributed by atoms with E-state index in [1.54, 1.807) is 11.3 Å². The van der Waals surface area contributed by atoms with E-state index in [-0.39, 0.29) is 18.3 Å². The van der Waals surface area contributed by atoms with Crippen LogP contribution in [0.25, 0.3) is 0 Å². The fourth-order valence-electron chi connectivity index (χ4n) is 3.72. The van der Waals surface area contributed by atoms with Gasteiger partial charge >= 0.3 is 0 Å². The molecule has 1 aromatic heterocycles. The zero-order chi connectivity index (χ0) is 15.4. The molecule has 2 aliphatic rings. The average Bonchev–Trinajstić information content (AvgIpc) is 2.84. The Bertz CT molecular complexity index is 488. The van der Waals surface area contributed by atoms with E-state index in [4.69, 9.17) is 0 Å². The topological polar surface area (TPSA) is 32.3 Å². The molecule has 0 bridgehead atoms.